The molecule has 0 bridgehead atoms. The predicted molar refractivity (Wildman–Crippen MR) is 51.4 cm³/mol. The number of amides is 1. The van der Waals surface area contributed by atoms with E-state index in [0.717, 1.165) is 6.42 Å². The molecule has 1 saturated heterocycles. The molecule has 74 valence electrons. The van der Waals surface area contributed by atoms with Crippen molar-refractivity contribution < 1.29 is 4.79 Å². The van der Waals surface area contributed by atoms with Crippen LogP contribution in [0.4, 0.5) is 0 Å². The molecule has 1 amide bonds. The third-order valence-corrected chi connectivity index (χ3v) is 3.04. The lowest BCUT2D eigenvalue weighted by Crippen LogP contribution is -2.48. The molecule has 1 aliphatic carbocycles. The highest BCUT2D eigenvalue weighted by Gasteiger charge is 2.37. The normalized spacial score (nSPS) is 37.8. The maximum Gasteiger partial charge on any atom is 0.222 e. The quantitative estimate of drug-likeness (QED) is 0.581. The zero-order valence-electron chi connectivity index (χ0n) is 8.39. The Kier molecular flexibility index (Phi) is 2.06. The van der Waals surface area contributed by atoms with Crippen LogP contribution in [0.3, 0.4) is 0 Å². The van der Waals surface area contributed by atoms with E-state index in [2.05, 4.69) is 24.5 Å². The molecule has 2 N–H and O–H groups in total. The lowest BCUT2D eigenvalue weighted by Gasteiger charge is -2.27. The van der Waals surface area contributed by atoms with Gasteiger partial charge in [0.1, 0.15) is 0 Å². The molecule has 1 aliphatic heterocycles. The summed E-state index contributed by atoms with van der Waals surface area (Å²) in [5.74, 6) is 0.201. The molecule has 0 aromatic carbocycles. The molecule has 1 heterocycles. The van der Waals surface area contributed by atoms with Gasteiger partial charge in [-0.15, -0.1) is 0 Å². The van der Waals surface area contributed by atoms with Crippen LogP contribution in [0.5, 0.6) is 0 Å². The topological polar surface area (TPSA) is 41.1 Å². The SMILES string of the molecule is CC1(C)CC(=O)N[C@@H]2CCCC2N1. The molecule has 2 aliphatic rings. The smallest absolute Gasteiger partial charge is 0.222 e. The number of carbonyl (C=O) groups is 1. The number of fused-ring (bicyclic) bond motifs is 1. The lowest BCUT2D eigenvalue weighted by molar-refractivity contribution is -0.122. The first-order valence-electron chi connectivity index (χ1n) is 5.14. The van der Waals surface area contributed by atoms with E-state index < -0.39 is 0 Å². The first kappa shape index (κ1) is 9.00. The second kappa shape index (κ2) is 2.98. The Morgan fingerprint density at radius 3 is 2.77 bits per heavy atom. The summed E-state index contributed by atoms with van der Waals surface area (Å²) in [6.07, 6.45) is 4.17. The molecule has 13 heavy (non-hydrogen) atoms. The monoisotopic (exact) mass is 182 g/mol. The van der Waals surface area contributed by atoms with Gasteiger partial charge in [0.05, 0.1) is 0 Å². The van der Waals surface area contributed by atoms with E-state index in [0.29, 0.717) is 18.5 Å². The molecule has 2 fully saturated rings. The van der Waals surface area contributed by atoms with Crippen LogP contribution in [0.25, 0.3) is 0 Å². The van der Waals surface area contributed by atoms with E-state index in [1.165, 1.54) is 12.8 Å². The number of hydrogen-bond donors (Lipinski definition) is 2. The fourth-order valence-corrected chi connectivity index (χ4v) is 2.52. The van der Waals surface area contributed by atoms with Crippen LogP contribution in [0.2, 0.25) is 0 Å². The second-order valence-electron chi connectivity index (χ2n) is 4.92. The summed E-state index contributed by atoms with van der Waals surface area (Å²) in [4.78, 5) is 11.5. The summed E-state index contributed by atoms with van der Waals surface area (Å²) in [6, 6.07) is 0.885. The van der Waals surface area contributed by atoms with Crippen LogP contribution in [0, 0.1) is 0 Å². The Morgan fingerprint density at radius 1 is 1.31 bits per heavy atom. The largest absolute Gasteiger partial charge is 0.352 e. The zero-order chi connectivity index (χ0) is 9.47. The molecule has 0 spiro atoms. The highest BCUT2D eigenvalue weighted by molar-refractivity contribution is 5.78. The molecular formula is C10H18N2O. The van der Waals surface area contributed by atoms with Crippen molar-refractivity contribution >= 4 is 5.91 Å². The predicted octanol–water partition coefficient (Wildman–Crippen LogP) is 0.796. The molecule has 3 heteroatoms. The van der Waals surface area contributed by atoms with Crippen molar-refractivity contribution in [3.8, 4) is 0 Å². The molecule has 1 saturated carbocycles. The third kappa shape index (κ3) is 1.85. The van der Waals surface area contributed by atoms with Crippen LogP contribution >= 0.6 is 0 Å². The molecule has 1 unspecified atom stereocenters. The highest BCUT2D eigenvalue weighted by atomic mass is 16.1. The van der Waals surface area contributed by atoms with Gasteiger partial charge in [0.25, 0.3) is 0 Å². The Morgan fingerprint density at radius 2 is 2.00 bits per heavy atom. The average molecular weight is 182 g/mol. The Hall–Kier alpha value is -0.570. The summed E-state index contributed by atoms with van der Waals surface area (Å²) in [6.45, 7) is 4.21. The molecule has 2 rings (SSSR count). The standard InChI is InChI=1S/C10H18N2O/c1-10(2)6-9(13)11-7-4-3-5-8(7)12-10/h7-8,12H,3-6H2,1-2H3,(H,11,13)/t7-,8?/m1/s1. The summed E-state index contributed by atoms with van der Waals surface area (Å²) in [5, 5.41) is 6.66. The molecular weight excluding hydrogens is 164 g/mol. The van der Waals surface area contributed by atoms with Gasteiger partial charge in [-0.1, -0.05) is 0 Å². The van der Waals surface area contributed by atoms with Crippen molar-refractivity contribution in [3.63, 3.8) is 0 Å². The second-order valence-corrected chi connectivity index (χ2v) is 4.92. The first-order chi connectivity index (χ1) is 6.07. The summed E-state index contributed by atoms with van der Waals surface area (Å²) in [7, 11) is 0. The number of hydrogen-bond acceptors (Lipinski definition) is 2. The third-order valence-electron chi connectivity index (χ3n) is 3.04. The molecule has 2 atom stereocenters. The van der Waals surface area contributed by atoms with Crippen molar-refractivity contribution in [2.75, 3.05) is 0 Å². The number of rotatable bonds is 0. The van der Waals surface area contributed by atoms with Crippen molar-refractivity contribution in [1.29, 1.82) is 0 Å². The maximum absolute atomic E-state index is 11.5. The van der Waals surface area contributed by atoms with Gasteiger partial charge >= 0.3 is 0 Å². The van der Waals surface area contributed by atoms with Crippen LogP contribution in [0.1, 0.15) is 39.5 Å². The molecule has 0 radical (unpaired) electrons. The fraction of sp³-hybridized carbons (Fsp3) is 0.900. The number of nitrogens with one attached hydrogen (secondary N) is 2. The van der Waals surface area contributed by atoms with E-state index >= 15 is 0 Å². The van der Waals surface area contributed by atoms with Crippen molar-refractivity contribution in [1.82, 2.24) is 10.6 Å². The van der Waals surface area contributed by atoms with Gasteiger partial charge in [-0.2, -0.15) is 0 Å². The van der Waals surface area contributed by atoms with Crippen molar-refractivity contribution in [2.45, 2.75) is 57.2 Å². The van der Waals surface area contributed by atoms with E-state index in [1.54, 1.807) is 0 Å². The average Bonchev–Trinajstić information content (AvgIpc) is 2.30. The van der Waals surface area contributed by atoms with Crippen LogP contribution in [-0.4, -0.2) is 23.5 Å². The van der Waals surface area contributed by atoms with E-state index in [1.807, 2.05) is 0 Å². The van der Waals surface area contributed by atoms with Gasteiger partial charge in [-0.25, -0.2) is 0 Å². The van der Waals surface area contributed by atoms with Gasteiger partial charge in [0.2, 0.25) is 5.91 Å². The zero-order valence-corrected chi connectivity index (χ0v) is 8.39. The Labute approximate surface area is 79.3 Å². The van der Waals surface area contributed by atoms with Crippen LogP contribution in [-0.2, 0) is 4.79 Å². The lowest BCUT2D eigenvalue weighted by atomic mass is 9.99. The maximum atomic E-state index is 11.5. The van der Waals surface area contributed by atoms with Gasteiger partial charge < -0.3 is 10.6 Å². The minimum absolute atomic E-state index is 0.0339. The first-order valence-corrected chi connectivity index (χ1v) is 5.14. The van der Waals surface area contributed by atoms with Crippen LogP contribution < -0.4 is 10.6 Å². The van der Waals surface area contributed by atoms with Gasteiger partial charge in [0.15, 0.2) is 0 Å². The fourth-order valence-electron chi connectivity index (χ4n) is 2.52. The Bertz CT molecular complexity index is 225. The summed E-state index contributed by atoms with van der Waals surface area (Å²) in [5.41, 5.74) is -0.0339. The molecule has 0 aromatic heterocycles. The van der Waals surface area contributed by atoms with E-state index in [9.17, 15) is 4.79 Å². The van der Waals surface area contributed by atoms with Crippen molar-refractivity contribution in [3.05, 3.63) is 0 Å². The Balaban J connectivity index is 2.14. The minimum Gasteiger partial charge on any atom is -0.352 e. The molecule has 0 aromatic rings. The summed E-state index contributed by atoms with van der Waals surface area (Å²) < 4.78 is 0. The van der Waals surface area contributed by atoms with Crippen molar-refractivity contribution in [2.24, 2.45) is 0 Å². The number of carbonyl (C=O) groups excluding carboxylic acids is 1. The van der Waals surface area contributed by atoms with Gasteiger partial charge in [-0.05, 0) is 33.1 Å². The molecule has 3 nitrogen and oxygen atoms in total. The van der Waals surface area contributed by atoms with Crippen LogP contribution in [0.15, 0.2) is 0 Å². The minimum atomic E-state index is -0.0339. The highest BCUT2D eigenvalue weighted by Crippen LogP contribution is 2.25. The summed E-state index contributed by atoms with van der Waals surface area (Å²) >= 11 is 0. The van der Waals surface area contributed by atoms with Gasteiger partial charge in [0, 0.05) is 24.0 Å². The van der Waals surface area contributed by atoms with E-state index in [4.69, 9.17) is 0 Å². The van der Waals surface area contributed by atoms with Gasteiger partial charge in [-0.3, -0.25) is 4.79 Å². The van der Waals surface area contributed by atoms with E-state index in [-0.39, 0.29) is 11.4 Å².